The normalized spacial score (nSPS) is 11.2. The zero-order valence-electron chi connectivity index (χ0n) is 10.4. The van der Waals surface area contributed by atoms with Crippen LogP contribution in [0.4, 0.5) is 22.7 Å². The van der Waals surface area contributed by atoms with Crippen molar-refractivity contribution in [3.8, 4) is 0 Å². The van der Waals surface area contributed by atoms with E-state index in [2.05, 4.69) is 10.3 Å². The van der Waals surface area contributed by atoms with Crippen LogP contribution >= 0.6 is 0 Å². The molecule has 2 aromatic carbocycles. The predicted molar refractivity (Wildman–Crippen MR) is 82.0 cm³/mol. The third kappa shape index (κ3) is 3.61. The van der Waals surface area contributed by atoms with E-state index in [-0.39, 0.29) is 0 Å². The highest BCUT2D eigenvalue weighted by atomic mass is 14.9. The van der Waals surface area contributed by atoms with Gasteiger partial charge < -0.3 is 16.8 Å². The minimum Gasteiger partial charge on any atom is -0.662 e. The summed E-state index contributed by atoms with van der Waals surface area (Å²) in [4.78, 5) is 4.23. The van der Waals surface area contributed by atoms with Gasteiger partial charge >= 0.3 is 0 Å². The van der Waals surface area contributed by atoms with Gasteiger partial charge in [0.25, 0.3) is 0 Å². The van der Waals surface area contributed by atoms with Crippen molar-refractivity contribution < 1.29 is 0 Å². The van der Waals surface area contributed by atoms with Crippen molar-refractivity contribution in [3.05, 3.63) is 66.1 Å². The lowest BCUT2D eigenvalue weighted by atomic mass is 10.3. The maximum Gasteiger partial charge on any atom is 0.0858 e. The Balaban J connectivity index is 1.94. The molecule has 0 aliphatic rings. The zero-order chi connectivity index (χ0) is 13.5. The quantitative estimate of drug-likeness (QED) is 0.640. The number of anilines is 2. The van der Waals surface area contributed by atoms with Crippen molar-refractivity contribution in [2.45, 2.75) is 0 Å². The molecule has 4 nitrogen and oxygen atoms in total. The van der Waals surface area contributed by atoms with E-state index in [1.807, 2.05) is 48.5 Å². The Morgan fingerprint density at radius 2 is 1.58 bits per heavy atom. The molecular weight excluding hydrogens is 236 g/mol. The Morgan fingerprint density at radius 1 is 0.895 bits per heavy atom. The summed E-state index contributed by atoms with van der Waals surface area (Å²) >= 11 is 0. The second-order valence-electron chi connectivity index (χ2n) is 3.87. The Morgan fingerprint density at radius 3 is 2.32 bits per heavy atom. The average molecular weight is 251 g/mol. The highest BCUT2D eigenvalue weighted by molar-refractivity contribution is 5.79. The third-order valence-electron chi connectivity index (χ3n) is 2.47. The first kappa shape index (κ1) is 12.7. The van der Waals surface area contributed by atoms with Crippen molar-refractivity contribution in [1.82, 2.24) is 0 Å². The van der Waals surface area contributed by atoms with Crippen molar-refractivity contribution in [2.75, 3.05) is 11.5 Å². The van der Waals surface area contributed by atoms with E-state index < -0.39 is 0 Å². The van der Waals surface area contributed by atoms with Crippen LogP contribution in [0, 0.1) is 0 Å². The summed E-state index contributed by atoms with van der Waals surface area (Å²) in [6.45, 7) is 0. The van der Waals surface area contributed by atoms with Gasteiger partial charge in [0.1, 0.15) is 0 Å². The van der Waals surface area contributed by atoms with Crippen molar-refractivity contribution >= 4 is 29.0 Å². The van der Waals surface area contributed by atoms with Crippen LogP contribution in [0.15, 0.2) is 65.8 Å². The minimum absolute atomic E-state index is 0.649. The number of nitrogen functional groups attached to an aromatic ring is 2. The first-order valence-electron chi connectivity index (χ1n) is 5.86. The Hall–Kier alpha value is -2.75. The molecule has 2 rings (SSSR count). The Labute approximate surface area is 112 Å². The number of benzene rings is 2. The smallest absolute Gasteiger partial charge is 0.0858 e. The molecule has 2 aromatic rings. The van der Waals surface area contributed by atoms with Crippen LogP contribution in [0.2, 0.25) is 0 Å². The Kier molecular flexibility index (Phi) is 4.18. The van der Waals surface area contributed by atoms with Crippen LogP contribution in [-0.2, 0) is 0 Å². The van der Waals surface area contributed by atoms with E-state index >= 15 is 0 Å². The molecule has 96 valence electrons. The number of allylic oxidation sites excluding steroid dienone is 1. The summed E-state index contributed by atoms with van der Waals surface area (Å²) in [6, 6.07) is 14.9. The van der Waals surface area contributed by atoms with Crippen LogP contribution in [-0.4, -0.2) is 6.21 Å². The van der Waals surface area contributed by atoms with Gasteiger partial charge in [0, 0.05) is 11.9 Å². The highest BCUT2D eigenvalue weighted by Gasteiger charge is 1.90. The fraction of sp³-hybridized carbons (Fsp3) is 0. The van der Waals surface area contributed by atoms with Gasteiger partial charge in [-0.05, 0) is 18.2 Å². The molecule has 0 fully saturated rings. The molecule has 0 amide bonds. The SMILES string of the molecule is Nc1ccccc1N=C/C=C/[N-]c1ccccc1N. The van der Waals surface area contributed by atoms with Crippen LogP contribution in [0.5, 0.6) is 0 Å². The first-order chi connectivity index (χ1) is 9.27. The molecule has 0 unspecified atom stereocenters. The molecule has 0 saturated carbocycles. The number of hydrogen-bond donors (Lipinski definition) is 2. The Bertz CT molecular complexity index is 603. The van der Waals surface area contributed by atoms with Crippen LogP contribution in [0.25, 0.3) is 5.32 Å². The van der Waals surface area contributed by atoms with E-state index in [9.17, 15) is 0 Å². The summed E-state index contributed by atoms with van der Waals surface area (Å²) in [5.41, 5.74) is 14.3. The van der Waals surface area contributed by atoms with E-state index in [4.69, 9.17) is 11.5 Å². The van der Waals surface area contributed by atoms with E-state index in [1.54, 1.807) is 18.5 Å². The molecule has 0 aliphatic heterocycles. The molecule has 0 heterocycles. The largest absolute Gasteiger partial charge is 0.662 e. The lowest BCUT2D eigenvalue weighted by Gasteiger charge is -2.17. The van der Waals surface area contributed by atoms with Gasteiger partial charge in [-0.3, -0.25) is 4.99 Å². The molecule has 0 aliphatic carbocycles. The maximum atomic E-state index is 5.77. The van der Waals surface area contributed by atoms with Crippen molar-refractivity contribution in [3.63, 3.8) is 0 Å². The fourth-order valence-corrected chi connectivity index (χ4v) is 1.50. The monoisotopic (exact) mass is 251 g/mol. The molecule has 0 spiro atoms. The number of aliphatic imine (C=N–C) groups is 1. The lowest BCUT2D eigenvalue weighted by Crippen LogP contribution is -1.84. The molecule has 4 heteroatoms. The predicted octanol–water partition coefficient (Wildman–Crippen LogP) is 3.77. The summed E-state index contributed by atoms with van der Waals surface area (Å²) in [7, 11) is 0. The maximum absolute atomic E-state index is 5.77. The standard InChI is InChI=1S/C15H15N4/c16-12-6-1-3-8-14(12)18-10-5-11-19-15-9-4-2-7-13(15)17/h1-11H,16-17H2/q-1/b10-5+,19-11?. The van der Waals surface area contributed by atoms with Crippen molar-refractivity contribution in [1.29, 1.82) is 0 Å². The van der Waals surface area contributed by atoms with Gasteiger partial charge in [0.15, 0.2) is 0 Å². The minimum atomic E-state index is 0.649. The zero-order valence-corrected chi connectivity index (χ0v) is 10.4. The number of hydrogen-bond acceptors (Lipinski definition) is 3. The lowest BCUT2D eigenvalue weighted by molar-refractivity contribution is 1.53. The summed E-state index contributed by atoms with van der Waals surface area (Å²) in [6.07, 6.45) is 5.03. The second kappa shape index (κ2) is 6.26. The number of para-hydroxylation sites is 4. The van der Waals surface area contributed by atoms with E-state index in [0.29, 0.717) is 11.4 Å². The van der Waals surface area contributed by atoms with Gasteiger partial charge in [-0.2, -0.15) is 6.20 Å². The van der Waals surface area contributed by atoms with E-state index in [0.717, 1.165) is 11.4 Å². The summed E-state index contributed by atoms with van der Waals surface area (Å²) in [5.74, 6) is 0. The number of nitrogens with two attached hydrogens (primary N) is 2. The molecule has 0 saturated heterocycles. The van der Waals surface area contributed by atoms with Gasteiger partial charge in [0.2, 0.25) is 0 Å². The van der Waals surface area contributed by atoms with Gasteiger partial charge in [-0.1, -0.05) is 36.4 Å². The van der Waals surface area contributed by atoms with Crippen LogP contribution < -0.4 is 11.5 Å². The van der Waals surface area contributed by atoms with Crippen molar-refractivity contribution in [2.24, 2.45) is 4.99 Å². The second-order valence-corrected chi connectivity index (χ2v) is 3.87. The van der Waals surface area contributed by atoms with Crippen LogP contribution in [0.1, 0.15) is 0 Å². The summed E-state index contributed by atoms with van der Waals surface area (Å²) < 4.78 is 0. The van der Waals surface area contributed by atoms with Gasteiger partial charge in [-0.25, -0.2) is 0 Å². The topological polar surface area (TPSA) is 78.5 Å². The molecule has 4 N–H and O–H groups in total. The molecule has 0 aromatic heterocycles. The number of nitrogens with zero attached hydrogens (tertiary/aromatic N) is 2. The molecule has 0 atom stereocenters. The van der Waals surface area contributed by atoms with E-state index in [1.165, 1.54) is 0 Å². The first-order valence-corrected chi connectivity index (χ1v) is 5.86. The molecular formula is C15H15N4-. The number of rotatable bonds is 4. The van der Waals surface area contributed by atoms with Gasteiger partial charge in [-0.15, -0.1) is 5.69 Å². The van der Waals surface area contributed by atoms with Gasteiger partial charge in [0.05, 0.1) is 11.4 Å². The molecule has 0 bridgehead atoms. The summed E-state index contributed by atoms with van der Waals surface area (Å²) in [5, 5.41) is 4.23. The average Bonchev–Trinajstić information content (AvgIpc) is 2.42. The molecule has 0 radical (unpaired) electrons. The van der Waals surface area contributed by atoms with Crippen LogP contribution in [0.3, 0.4) is 0 Å². The third-order valence-corrected chi connectivity index (χ3v) is 2.47. The highest BCUT2D eigenvalue weighted by Crippen LogP contribution is 2.25. The molecule has 19 heavy (non-hydrogen) atoms. The fourth-order valence-electron chi connectivity index (χ4n) is 1.50.